The third-order valence-corrected chi connectivity index (χ3v) is 3.65. The highest BCUT2D eigenvalue weighted by molar-refractivity contribution is 7.80. The molecule has 0 amide bonds. The minimum absolute atomic E-state index is 0.166. The van der Waals surface area contributed by atoms with Crippen molar-refractivity contribution >= 4 is 40.6 Å². The Morgan fingerprint density at radius 2 is 1.67 bits per heavy atom. The summed E-state index contributed by atoms with van der Waals surface area (Å²) >= 11 is 10.3. The second kappa shape index (κ2) is 12.5. The molecular formula is C16H24N4O2S2. The molecule has 0 saturated heterocycles. The zero-order valence-electron chi connectivity index (χ0n) is 13.8. The van der Waals surface area contributed by atoms with Gasteiger partial charge in [0.05, 0.1) is 7.11 Å². The van der Waals surface area contributed by atoms with Gasteiger partial charge < -0.3 is 15.4 Å². The molecule has 0 radical (unpaired) electrons. The molecule has 0 spiro atoms. The van der Waals surface area contributed by atoms with Gasteiger partial charge in [-0.25, -0.2) is 0 Å². The van der Waals surface area contributed by atoms with Gasteiger partial charge in [-0.15, -0.1) is 0 Å². The van der Waals surface area contributed by atoms with Crippen LogP contribution in [0.25, 0.3) is 0 Å². The summed E-state index contributed by atoms with van der Waals surface area (Å²) in [5.41, 5.74) is 6.81. The number of thiocarbonyl (C=S) groups is 2. The van der Waals surface area contributed by atoms with Crippen molar-refractivity contribution in [3.63, 3.8) is 0 Å². The summed E-state index contributed by atoms with van der Waals surface area (Å²) in [6.07, 6.45) is 3.15. The average molecular weight is 369 g/mol. The molecule has 6 nitrogen and oxygen atoms in total. The first kappa shape index (κ1) is 20.1. The fraction of sp³-hybridized carbons (Fsp3) is 0.438. The lowest BCUT2D eigenvalue weighted by molar-refractivity contribution is -0.140. The Morgan fingerprint density at radius 1 is 1.00 bits per heavy atom. The lowest BCUT2D eigenvalue weighted by atomic mass is 10.2. The van der Waals surface area contributed by atoms with Gasteiger partial charge in [0.25, 0.3) is 0 Å². The van der Waals surface area contributed by atoms with Crippen LogP contribution in [0.5, 0.6) is 0 Å². The third kappa shape index (κ3) is 9.96. The topological polar surface area (TPSA) is 74.4 Å². The van der Waals surface area contributed by atoms with Gasteiger partial charge in [0.15, 0.2) is 10.2 Å². The fourth-order valence-corrected chi connectivity index (χ4v) is 2.13. The minimum Gasteiger partial charge on any atom is -0.469 e. The zero-order chi connectivity index (χ0) is 17.6. The first-order chi connectivity index (χ1) is 11.6. The lowest BCUT2D eigenvalue weighted by Crippen LogP contribution is -2.50. The van der Waals surface area contributed by atoms with Crippen LogP contribution in [0.1, 0.15) is 31.2 Å². The van der Waals surface area contributed by atoms with Crippen LogP contribution < -0.4 is 21.5 Å². The van der Waals surface area contributed by atoms with Crippen molar-refractivity contribution in [3.8, 4) is 0 Å². The maximum absolute atomic E-state index is 11.0. The van der Waals surface area contributed by atoms with Crippen molar-refractivity contribution in [2.45, 2.75) is 32.2 Å². The molecule has 0 aliphatic rings. The van der Waals surface area contributed by atoms with Crippen LogP contribution >= 0.6 is 24.4 Å². The van der Waals surface area contributed by atoms with Gasteiger partial charge in [-0.1, -0.05) is 36.8 Å². The van der Waals surface area contributed by atoms with Crippen LogP contribution in [0.4, 0.5) is 0 Å². The number of methoxy groups -OCH3 is 1. The molecule has 0 fully saturated rings. The molecule has 0 heterocycles. The van der Waals surface area contributed by atoms with E-state index in [4.69, 9.17) is 24.4 Å². The van der Waals surface area contributed by atoms with Gasteiger partial charge in [-0.2, -0.15) is 0 Å². The first-order valence-electron chi connectivity index (χ1n) is 7.80. The summed E-state index contributed by atoms with van der Waals surface area (Å²) in [7, 11) is 1.40. The quantitative estimate of drug-likeness (QED) is 0.239. The van der Waals surface area contributed by atoms with Gasteiger partial charge in [-0.3, -0.25) is 15.6 Å². The second-order valence-corrected chi connectivity index (χ2v) is 5.88. The van der Waals surface area contributed by atoms with E-state index in [0.717, 1.165) is 31.4 Å². The Balaban J connectivity index is 2.00. The van der Waals surface area contributed by atoms with Crippen molar-refractivity contribution in [3.05, 3.63) is 35.9 Å². The number of nitrogens with one attached hydrogen (secondary N) is 4. The van der Waals surface area contributed by atoms with Crippen molar-refractivity contribution in [2.75, 3.05) is 13.7 Å². The zero-order valence-corrected chi connectivity index (χ0v) is 15.4. The molecule has 1 rings (SSSR count). The van der Waals surface area contributed by atoms with Crippen molar-refractivity contribution < 1.29 is 9.53 Å². The maximum Gasteiger partial charge on any atom is 0.305 e. The Bertz CT molecular complexity index is 526. The molecule has 4 N–H and O–H groups in total. The number of esters is 1. The average Bonchev–Trinajstić information content (AvgIpc) is 2.61. The number of ether oxygens (including phenoxy) is 1. The van der Waals surface area contributed by atoms with Crippen LogP contribution in [-0.4, -0.2) is 29.8 Å². The van der Waals surface area contributed by atoms with Gasteiger partial charge in [0, 0.05) is 19.5 Å². The molecular weight excluding hydrogens is 344 g/mol. The number of carbonyl (C=O) groups is 1. The number of unbranched alkanes of at least 4 members (excludes halogenated alkanes) is 2. The molecule has 1 aromatic rings. The Morgan fingerprint density at radius 3 is 2.33 bits per heavy atom. The Labute approximate surface area is 153 Å². The van der Waals surface area contributed by atoms with E-state index in [1.165, 1.54) is 7.11 Å². The number of hydrogen-bond donors (Lipinski definition) is 4. The number of hydrazine groups is 1. The molecule has 1 aromatic carbocycles. The number of benzene rings is 1. The van der Waals surface area contributed by atoms with Crippen LogP contribution in [0, 0.1) is 0 Å². The Hall–Kier alpha value is -1.93. The second-order valence-electron chi connectivity index (χ2n) is 5.06. The minimum atomic E-state index is -0.166. The standard InChI is InChI=1S/C16H24N4O2S2/c1-22-14(21)10-6-3-7-11-17-15(23)19-20-16(24)18-12-13-8-4-2-5-9-13/h2,4-5,8-9H,3,6-7,10-12H2,1H3,(H2,17,19,23)(H2,18,20,24). The van der Waals surface area contributed by atoms with Gasteiger partial charge >= 0.3 is 5.97 Å². The molecule has 0 aliphatic carbocycles. The molecule has 0 aromatic heterocycles. The number of rotatable bonds is 8. The molecule has 24 heavy (non-hydrogen) atoms. The summed E-state index contributed by atoms with van der Waals surface area (Å²) in [5, 5.41) is 7.10. The predicted molar refractivity (Wildman–Crippen MR) is 103 cm³/mol. The monoisotopic (exact) mass is 368 g/mol. The first-order valence-corrected chi connectivity index (χ1v) is 8.62. The summed E-state index contributed by atoms with van der Waals surface area (Å²) < 4.78 is 4.59. The highest BCUT2D eigenvalue weighted by Gasteiger charge is 2.00. The van der Waals surface area contributed by atoms with Gasteiger partial charge in [-0.05, 0) is 42.8 Å². The van der Waals surface area contributed by atoms with E-state index in [1.54, 1.807) is 0 Å². The van der Waals surface area contributed by atoms with E-state index in [1.807, 2.05) is 30.3 Å². The SMILES string of the molecule is COC(=O)CCCCCNC(=S)NNC(=S)NCc1ccccc1. The van der Waals surface area contributed by atoms with Crippen molar-refractivity contribution in [1.29, 1.82) is 0 Å². The van der Waals surface area contributed by atoms with E-state index < -0.39 is 0 Å². The van der Waals surface area contributed by atoms with Crippen LogP contribution in [0.2, 0.25) is 0 Å². The molecule has 0 atom stereocenters. The summed E-state index contributed by atoms with van der Waals surface area (Å²) in [6, 6.07) is 9.98. The summed E-state index contributed by atoms with van der Waals surface area (Å²) in [6.45, 7) is 1.38. The molecule has 0 bridgehead atoms. The third-order valence-electron chi connectivity index (χ3n) is 3.16. The normalized spacial score (nSPS) is 9.71. The van der Waals surface area contributed by atoms with Crippen LogP contribution in [0.15, 0.2) is 30.3 Å². The van der Waals surface area contributed by atoms with Crippen molar-refractivity contribution in [1.82, 2.24) is 21.5 Å². The molecule has 132 valence electrons. The maximum atomic E-state index is 11.0. The van der Waals surface area contributed by atoms with Gasteiger partial charge in [0.2, 0.25) is 0 Å². The van der Waals surface area contributed by atoms with E-state index >= 15 is 0 Å². The molecule has 0 saturated carbocycles. The highest BCUT2D eigenvalue weighted by atomic mass is 32.1. The Kier molecular flexibility index (Phi) is 10.5. The van der Waals surface area contributed by atoms with E-state index in [-0.39, 0.29) is 5.97 Å². The summed E-state index contributed by atoms with van der Waals surface area (Å²) in [5.74, 6) is -0.166. The molecule has 0 unspecified atom stereocenters. The smallest absolute Gasteiger partial charge is 0.305 e. The van der Waals surface area contributed by atoms with E-state index in [9.17, 15) is 4.79 Å². The molecule has 0 aliphatic heterocycles. The molecule has 8 heteroatoms. The van der Waals surface area contributed by atoms with Gasteiger partial charge in [0.1, 0.15) is 0 Å². The largest absolute Gasteiger partial charge is 0.469 e. The predicted octanol–water partition coefficient (Wildman–Crippen LogP) is 1.76. The van der Waals surface area contributed by atoms with E-state index in [0.29, 0.717) is 23.2 Å². The highest BCUT2D eigenvalue weighted by Crippen LogP contribution is 2.00. The van der Waals surface area contributed by atoms with Crippen molar-refractivity contribution in [2.24, 2.45) is 0 Å². The lowest BCUT2D eigenvalue weighted by Gasteiger charge is -2.14. The summed E-state index contributed by atoms with van der Waals surface area (Å²) in [4.78, 5) is 11.0. The van der Waals surface area contributed by atoms with E-state index in [2.05, 4.69) is 26.2 Å². The number of carbonyl (C=O) groups excluding carboxylic acids is 1. The van der Waals surface area contributed by atoms with Crippen LogP contribution in [-0.2, 0) is 16.1 Å². The fourth-order valence-electron chi connectivity index (χ4n) is 1.86. The van der Waals surface area contributed by atoms with Crippen LogP contribution in [0.3, 0.4) is 0 Å². The number of hydrogen-bond acceptors (Lipinski definition) is 4.